The number of rotatable bonds is 5. The van der Waals surface area contributed by atoms with Gasteiger partial charge in [0.15, 0.2) is 5.78 Å². The van der Waals surface area contributed by atoms with Gasteiger partial charge in [0.2, 0.25) is 0 Å². The molecular formula is C19H22FN3O. The Hall–Kier alpha value is -2.40. The molecule has 1 heterocycles. The molecule has 1 saturated heterocycles. The predicted molar refractivity (Wildman–Crippen MR) is 94.9 cm³/mol. The Labute approximate surface area is 141 Å². The Bertz CT molecular complexity index is 694. The fraction of sp³-hybridized carbons (Fsp3) is 0.316. The van der Waals surface area contributed by atoms with Gasteiger partial charge < -0.3 is 10.6 Å². The summed E-state index contributed by atoms with van der Waals surface area (Å²) in [5.74, 6) is -0.0454. The van der Waals surface area contributed by atoms with Crippen molar-refractivity contribution in [2.75, 3.05) is 43.4 Å². The van der Waals surface area contributed by atoms with Gasteiger partial charge in [-0.1, -0.05) is 12.1 Å². The van der Waals surface area contributed by atoms with Gasteiger partial charge in [-0.15, -0.1) is 0 Å². The summed E-state index contributed by atoms with van der Waals surface area (Å²) < 4.78 is 13.8. The molecule has 2 aromatic carbocycles. The highest BCUT2D eigenvalue weighted by Gasteiger charge is 2.19. The molecule has 1 aliphatic heterocycles. The highest BCUT2D eigenvalue weighted by Crippen LogP contribution is 2.20. The number of ketones is 1. The molecule has 0 aromatic heterocycles. The minimum Gasteiger partial charge on any atom is -0.399 e. The van der Waals surface area contributed by atoms with Crippen molar-refractivity contribution in [1.82, 2.24) is 4.90 Å². The van der Waals surface area contributed by atoms with Crippen LogP contribution in [0.15, 0.2) is 48.5 Å². The van der Waals surface area contributed by atoms with Gasteiger partial charge in [0.1, 0.15) is 5.82 Å². The van der Waals surface area contributed by atoms with Crippen LogP contribution in [0.4, 0.5) is 15.8 Å². The number of hydrogen-bond acceptors (Lipinski definition) is 4. The van der Waals surface area contributed by atoms with Gasteiger partial charge in [-0.25, -0.2) is 4.39 Å². The highest BCUT2D eigenvalue weighted by molar-refractivity contribution is 5.96. The molecule has 1 aliphatic rings. The normalized spacial score (nSPS) is 15.5. The summed E-state index contributed by atoms with van der Waals surface area (Å²) in [6.45, 7) is 3.95. The molecule has 0 unspecified atom stereocenters. The van der Waals surface area contributed by atoms with Crippen molar-refractivity contribution >= 4 is 17.2 Å². The lowest BCUT2D eigenvalue weighted by Crippen LogP contribution is -2.47. The van der Waals surface area contributed by atoms with E-state index in [2.05, 4.69) is 9.80 Å². The maximum atomic E-state index is 13.8. The Morgan fingerprint density at radius 3 is 2.33 bits per heavy atom. The molecule has 0 atom stereocenters. The number of piperazine rings is 1. The van der Waals surface area contributed by atoms with E-state index in [9.17, 15) is 9.18 Å². The summed E-state index contributed by atoms with van der Waals surface area (Å²) in [4.78, 5) is 16.5. The number of benzene rings is 2. The van der Waals surface area contributed by atoms with Crippen LogP contribution in [0.1, 0.15) is 16.8 Å². The average Bonchev–Trinajstić information content (AvgIpc) is 2.61. The van der Waals surface area contributed by atoms with Crippen molar-refractivity contribution in [2.45, 2.75) is 6.42 Å². The molecule has 0 radical (unpaired) electrons. The van der Waals surface area contributed by atoms with E-state index in [0.29, 0.717) is 23.4 Å². The summed E-state index contributed by atoms with van der Waals surface area (Å²) in [5.41, 5.74) is 7.67. The van der Waals surface area contributed by atoms with Crippen molar-refractivity contribution in [2.24, 2.45) is 0 Å². The number of carbonyl (C=O) groups is 1. The minimum absolute atomic E-state index is 0.131. The first-order chi connectivity index (χ1) is 11.6. The molecule has 126 valence electrons. The lowest BCUT2D eigenvalue weighted by atomic mass is 10.1. The van der Waals surface area contributed by atoms with Gasteiger partial charge in [0.05, 0.1) is 5.69 Å². The van der Waals surface area contributed by atoms with Gasteiger partial charge in [0, 0.05) is 50.4 Å². The molecular weight excluding hydrogens is 305 g/mol. The van der Waals surface area contributed by atoms with E-state index in [4.69, 9.17) is 5.73 Å². The molecule has 24 heavy (non-hydrogen) atoms. The minimum atomic E-state index is -0.176. The Morgan fingerprint density at radius 1 is 1.00 bits per heavy atom. The number of para-hydroxylation sites is 1. The summed E-state index contributed by atoms with van der Waals surface area (Å²) >= 11 is 0. The second kappa shape index (κ2) is 7.45. The van der Waals surface area contributed by atoms with Gasteiger partial charge in [0.25, 0.3) is 0 Å². The number of Topliss-reactive ketones (excluding diaryl/α,β-unsaturated/α-hetero) is 1. The quantitative estimate of drug-likeness (QED) is 0.678. The number of hydrogen-bond donors (Lipinski definition) is 1. The van der Waals surface area contributed by atoms with Crippen LogP contribution in [-0.4, -0.2) is 43.4 Å². The van der Waals surface area contributed by atoms with Crippen LogP contribution in [0.2, 0.25) is 0 Å². The number of nitrogens with two attached hydrogens (primary N) is 1. The zero-order chi connectivity index (χ0) is 16.9. The number of nitrogens with zero attached hydrogens (tertiary/aromatic N) is 2. The van der Waals surface area contributed by atoms with E-state index in [0.717, 1.165) is 32.7 Å². The van der Waals surface area contributed by atoms with Crippen LogP contribution in [-0.2, 0) is 0 Å². The molecule has 0 amide bonds. The topological polar surface area (TPSA) is 49.6 Å². The SMILES string of the molecule is Nc1ccc(C(=O)CCN2CCN(c3ccccc3F)CC2)cc1. The molecule has 4 nitrogen and oxygen atoms in total. The molecule has 2 aromatic rings. The Balaban J connectivity index is 1.48. The number of nitrogen functional groups attached to an aromatic ring is 1. The van der Waals surface area contributed by atoms with Crippen molar-refractivity contribution in [3.05, 3.63) is 59.9 Å². The van der Waals surface area contributed by atoms with Crippen LogP contribution in [0.5, 0.6) is 0 Å². The molecule has 3 rings (SSSR count). The summed E-state index contributed by atoms with van der Waals surface area (Å²) in [6.07, 6.45) is 0.490. The number of halogens is 1. The summed E-state index contributed by atoms with van der Waals surface area (Å²) in [6, 6.07) is 13.9. The van der Waals surface area contributed by atoms with Gasteiger partial charge >= 0.3 is 0 Å². The molecule has 0 aliphatic carbocycles. The van der Waals surface area contributed by atoms with Gasteiger partial charge in [-0.05, 0) is 36.4 Å². The zero-order valence-electron chi connectivity index (χ0n) is 13.6. The molecule has 0 bridgehead atoms. The van der Waals surface area contributed by atoms with E-state index in [-0.39, 0.29) is 11.6 Å². The van der Waals surface area contributed by atoms with Crippen molar-refractivity contribution < 1.29 is 9.18 Å². The van der Waals surface area contributed by atoms with Crippen LogP contribution in [0.25, 0.3) is 0 Å². The molecule has 0 spiro atoms. The Morgan fingerprint density at radius 2 is 1.67 bits per heavy atom. The third-order valence-corrected chi connectivity index (χ3v) is 4.45. The van der Waals surface area contributed by atoms with Crippen molar-refractivity contribution in [3.8, 4) is 0 Å². The van der Waals surface area contributed by atoms with Gasteiger partial charge in [-0.2, -0.15) is 0 Å². The van der Waals surface area contributed by atoms with E-state index in [1.165, 1.54) is 6.07 Å². The zero-order valence-corrected chi connectivity index (χ0v) is 13.6. The first kappa shape index (κ1) is 16.5. The summed E-state index contributed by atoms with van der Waals surface area (Å²) in [5, 5.41) is 0. The first-order valence-corrected chi connectivity index (χ1v) is 8.24. The van der Waals surface area contributed by atoms with Crippen molar-refractivity contribution in [3.63, 3.8) is 0 Å². The molecule has 0 saturated carbocycles. The number of anilines is 2. The van der Waals surface area contributed by atoms with E-state index in [1.807, 2.05) is 12.1 Å². The standard InChI is InChI=1S/C19H22FN3O/c20-17-3-1-2-4-18(17)23-13-11-22(12-14-23)10-9-19(24)15-5-7-16(21)8-6-15/h1-8H,9-14,21H2. The Kier molecular flexibility index (Phi) is 5.11. The molecule has 2 N–H and O–H groups in total. The maximum Gasteiger partial charge on any atom is 0.164 e. The first-order valence-electron chi connectivity index (χ1n) is 8.24. The van der Waals surface area contributed by atoms with E-state index >= 15 is 0 Å². The average molecular weight is 327 g/mol. The lowest BCUT2D eigenvalue weighted by molar-refractivity contribution is 0.0962. The fourth-order valence-electron chi connectivity index (χ4n) is 2.99. The van der Waals surface area contributed by atoms with Crippen LogP contribution in [0, 0.1) is 5.82 Å². The monoisotopic (exact) mass is 327 g/mol. The van der Waals surface area contributed by atoms with Crippen LogP contribution < -0.4 is 10.6 Å². The maximum absolute atomic E-state index is 13.8. The smallest absolute Gasteiger partial charge is 0.164 e. The van der Waals surface area contributed by atoms with Crippen LogP contribution in [0.3, 0.4) is 0 Å². The molecule has 5 heteroatoms. The van der Waals surface area contributed by atoms with Crippen LogP contribution >= 0.6 is 0 Å². The second-order valence-corrected chi connectivity index (χ2v) is 6.08. The fourth-order valence-corrected chi connectivity index (χ4v) is 2.99. The number of carbonyl (C=O) groups excluding carboxylic acids is 1. The predicted octanol–water partition coefficient (Wildman–Crippen LogP) is 2.80. The highest BCUT2D eigenvalue weighted by atomic mass is 19.1. The van der Waals surface area contributed by atoms with Gasteiger partial charge in [-0.3, -0.25) is 9.69 Å². The lowest BCUT2D eigenvalue weighted by Gasteiger charge is -2.36. The third-order valence-electron chi connectivity index (χ3n) is 4.45. The van der Waals surface area contributed by atoms with E-state index in [1.54, 1.807) is 30.3 Å². The third kappa shape index (κ3) is 3.92. The summed E-state index contributed by atoms with van der Waals surface area (Å²) in [7, 11) is 0. The molecule has 1 fully saturated rings. The van der Waals surface area contributed by atoms with Crippen molar-refractivity contribution in [1.29, 1.82) is 0 Å². The van der Waals surface area contributed by atoms with E-state index < -0.39 is 0 Å². The largest absolute Gasteiger partial charge is 0.399 e. The second-order valence-electron chi connectivity index (χ2n) is 6.08.